The van der Waals surface area contributed by atoms with Crippen molar-refractivity contribution >= 4 is 12.1 Å². The third kappa shape index (κ3) is 14.9. The fourth-order valence-corrected chi connectivity index (χ4v) is 6.62. The minimum atomic E-state index is -5.44. The first kappa shape index (κ1) is 45.4. The summed E-state index contributed by atoms with van der Waals surface area (Å²) in [5, 5.41) is 1.70. The first-order chi connectivity index (χ1) is 26.1. The lowest BCUT2D eigenvalue weighted by molar-refractivity contribution is -0.183. The lowest BCUT2D eigenvalue weighted by Gasteiger charge is -2.39. The van der Waals surface area contributed by atoms with Crippen molar-refractivity contribution < 1.29 is 45.8 Å². The van der Waals surface area contributed by atoms with E-state index in [-0.39, 0.29) is 6.42 Å². The summed E-state index contributed by atoms with van der Waals surface area (Å²) in [7, 11) is 0. The van der Waals surface area contributed by atoms with Gasteiger partial charge in [0.1, 0.15) is 11.2 Å². The molecule has 3 aromatic rings. The van der Waals surface area contributed by atoms with E-state index in [4.69, 9.17) is 14.2 Å². The molecule has 1 amide bonds. The van der Waals surface area contributed by atoms with Crippen molar-refractivity contribution in [1.29, 1.82) is 0 Å². The Morgan fingerprint density at radius 3 is 1.40 bits per heavy atom. The summed E-state index contributed by atoms with van der Waals surface area (Å²) >= 11 is 0. The number of amides is 1. The van der Waals surface area contributed by atoms with Gasteiger partial charge in [0.05, 0.1) is 12.6 Å². The van der Waals surface area contributed by atoms with Crippen LogP contribution in [-0.2, 0) is 24.6 Å². The van der Waals surface area contributed by atoms with Gasteiger partial charge in [-0.25, -0.2) is 13.6 Å². The normalized spacial score (nSPS) is 13.5. The number of alkyl halides is 5. The van der Waals surface area contributed by atoms with E-state index in [1.807, 2.05) is 0 Å². The van der Waals surface area contributed by atoms with Crippen LogP contribution < -0.4 is 5.32 Å². The van der Waals surface area contributed by atoms with Gasteiger partial charge in [-0.1, -0.05) is 169 Å². The van der Waals surface area contributed by atoms with Gasteiger partial charge in [-0.05, 0) is 43.9 Å². The number of hydrogen-bond acceptors (Lipinski definition) is 5. The van der Waals surface area contributed by atoms with Crippen molar-refractivity contribution in [3.8, 4) is 0 Å². The highest BCUT2D eigenvalue weighted by Crippen LogP contribution is 2.41. The van der Waals surface area contributed by atoms with E-state index < -0.39 is 60.5 Å². The van der Waals surface area contributed by atoms with Crippen molar-refractivity contribution in [3.05, 3.63) is 108 Å². The summed E-state index contributed by atoms with van der Waals surface area (Å²) in [4.78, 5) is 25.5. The third-order valence-electron chi connectivity index (χ3n) is 9.35. The van der Waals surface area contributed by atoms with Gasteiger partial charge >= 0.3 is 18.2 Å². The second kappa shape index (κ2) is 21.9. The number of ether oxygens (including phenoxy) is 3. The molecule has 0 aliphatic rings. The van der Waals surface area contributed by atoms with Gasteiger partial charge in [0, 0.05) is 6.42 Å². The van der Waals surface area contributed by atoms with Crippen molar-refractivity contribution in [2.45, 2.75) is 147 Å². The summed E-state index contributed by atoms with van der Waals surface area (Å²) in [5.41, 5.74) is -1.09. The summed E-state index contributed by atoms with van der Waals surface area (Å²) < 4.78 is 91.4. The molecular weight excluding hydrogens is 717 g/mol. The predicted octanol–water partition coefficient (Wildman–Crippen LogP) is 12.1. The molecule has 0 bridgehead atoms. The molecule has 1 N–H and O–H groups in total. The van der Waals surface area contributed by atoms with Crippen molar-refractivity contribution in [1.82, 2.24) is 5.32 Å². The van der Waals surface area contributed by atoms with Crippen LogP contribution in [0.15, 0.2) is 91.0 Å². The van der Waals surface area contributed by atoms with Gasteiger partial charge in [0.25, 0.3) is 5.92 Å². The predicted molar refractivity (Wildman–Crippen MR) is 205 cm³/mol. The van der Waals surface area contributed by atoms with Gasteiger partial charge in [-0.15, -0.1) is 0 Å². The zero-order valence-electron chi connectivity index (χ0n) is 32.6. The van der Waals surface area contributed by atoms with Crippen LogP contribution in [0.1, 0.15) is 128 Å². The summed E-state index contributed by atoms with van der Waals surface area (Å²) in [5.74, 6) is -6.37. The molecule has 11 heteroatoms. The van der Waals surface area contributed by atoms with Crippen LogP contribution in [0.5, 0.6) is 0 Å². The summed E-state index contributed by atoms with van der Waals surface area (Å²) in [6.45, 7) is 5.75. The number of carbonyl (C=O) groups excluding carboxylic acids is 2. The molecule has 0 aliphatic heterocycles. The minimum Gasteiger partial charge on any atom is -0.429 e. The molecule has 304 valence electrons. The van der Waals surface area contributed by atoms with E-state index >= 15 is 8.78 Å². The molecule has 6 nitrogen and oxygen atoms in total. The molecule has 0 saturated carbocycles. The van der Waals surface area contributed by atoms with E-state index in [0.717, 1.165) is 25.7 Å². The molecular formula is C44H58F5NO5. The van der Waals surface area contributed by atoms with Crippen LogP contribution in [0.2, 0.25) is 0 Å². The molecule has 0 aliphatic carbocycles. The first-order valence-corrected chi connectivity index (χ1v) is 19.6. The molecule has 3 rings (SSSR count). The van der Waals surface area contributed by atoms with E-state index in [9.17, 15) is 22.8 Å². The lowest BCUT2D eigenvalue weighted by Crippen LogP contribution is -2.58. The Balaban J connectivity index is 1.94. The van der Waals surface area contributed by atoms with Crippen molar-refractivity contribution in [2.75, 3.05) is 6.61 Å². The van der Waals surface area contributed by atoms with Gasteiger partial charge in [0.2, 0.25) is 0 Å². The number of unbranched alkanes of at least 4 members (excludes halogenated alkanes) is 11. The highest BCUT2D eigenvalue weighted by molar-refractivity contribution is 5.82. The van der Waals surface area contributed by atoms with Crippen LogP contribution in [0.3, 0.4) is 0 Å². The maximum Gasteiger partial charge on any atom is 0.509 e. The largest absolute Gasteiger partial charge is 0.509 e. The van der Waals surface area contributed by atoms with Crippen LogP contribution in [0.25, 0.3) is 0 Å². The van der Waals surface area contributed by atoms with Crippen LogP contribution >= 0.6 is 0 Å². The second-order valence-corrected chi connectivity index (χ2v) is 15.1. The summed E-state index contributed by atoms with van der Waals surface area (Å²) in [6, 6.07) is 24.2. The van der Waals surface area contributed by atoms with Crippen LogP contribution in [-0.4, -0.2) is 48.5 Å². The number of halogens is 5. The molecule has 0 spiro atoms. The zero-order valence-corrected chi connectivity index (χ0v) is 32.6. The van der Waals surface area contributed by atoms with E-state index in [1.165, 1.54) is 52.9 Å². The van der Waals surface area contributed by atoms with Crippen LogP contribution in [0.4, 0.5) is 26.7 Å². The fourth-order valence-electron chi connectivity index (χ4n) is 6.62. The monoisotopic (exact) mass is 775 g/mol. The zero-order chi connectivity index (χ0) is 40.4. The second-order valence-electron chi connectivity index (χ2n) is 15.1. The Labute approximate surface area is 323 Å². The first-order valence-electron chi connectivity index (χ1n) is 19.6. The molecule has 55 heavy (non-hydrogen) atoms. The number of carbonyl (C=O) groups is 2. The molecule has 0 saturated heterocycles. The minimum absolute atomic E-state index is 0.0149. The van der Waals surface area contributed by atoms with Crippen molar-refractivity contribution in [2.24, 2.45) is 0 Å². The molecule has 0 aromatic heterocycles. The molecule has 0 unspecified atom stereocenters. The Kier molecular flexibility index (Phi) is 18.1. The standard InChI is InChI=1S/C44H58F5NO5/c1-5-6-7-8-9-10-11-12-13-14-15-25-32-42(45,46)38(54-40(52)55-41(2,3)4)37(50-39(51)44(47,48)49)33-53-43(34-26-19-16-20-27-34,35-28-21-17-22-29-35)36-30-23-18-24-31-36/h16-24,26-31,37-38H,5-15,25,32-33H2,1-4H3,(H,50,51)/t37-,38-/m0/s1. The topological polar surface area (TPSA) is 73.9 Å². The Hall–Kier alpha value is -3.99. The van der Waals surface area contributed by atoms with Crippen molar-refractivity contribution in [3.63, 3.8) is 0 Å². The van der Waals surface area contributed by atoms with E-state index in [0.29, 0.717) is 29.5 Å². The van der Waals surface area contributed by atoms with E-state index in [2.05, 4.69) is 6.92 Å². The fraction of sp³-hybridized carbons (Fsp3) is 0.545. The molecule has 0 heterocycles. The SMILES string of the molecule is CCCCCCCCCCCCCCC(F)(F)[C@@H](OC(=O)OC(C)(C)C)[C@H](COC(c1ccccc1)(c1ccccc1)c1ccccc1)NC(=O)C(F)(F)F. The molecule has 2 atom stereocenters. The van der Waals surface area contributed by atoms with E-state index in [1.54, 1.807) is 96.3 Å². The average Bonchev–Trinajstić information content (AvgIpc) is 3.14. The molecule has 0 fully saturated rings. The van der Waals surface area contributed by atoms with Gasteiger partial charge < -0.3 is 19.5 Å². The van der Waals surface area contributed by atoms with Gasteiger partial charge in [-0.3, -0.25) is 4.79 Å². The quantitative estimate of drug-likeness (QED) is 0.0449. The number of rotatable bonds is 23. The Bertz CT molecular complexity index is 1430. The third-order valence-corrected chi connectivity index (χ3v) is 9.35. The maximum absolute atomic E-state index is 16.4. The Morgan fingerprint density at radius 1 is 0.618 bits per heavy atom. The highest BCUT2D eigenvalue weighted by atomic mass is 19.4. The van der Waals surface area contributed by atoms with Gasteiger partial charge in [-0.2, -0.15) is 13.2 Å². The summed E-state index contributed by atoms with van der Waals surface area (Å²) in [6.07, 6.45) is 0.977. The number of nitrogens with one attached hydrogen (secondary N) is 1. The maximum atomic E-state index is 16.4. The Morgan fingerprint density at radius 2 is 1.02 bits per heavy atom. The smallest absolute Gasteiger partial charge is 0.429 e. The highest BCUT2D eigenvalue weighted by Gasteiger charge is 2.51. The number of benzene rings is 3. The lowest BCUT2D eigenvalue weighted by atomic mass is 9.80. The molecule has 0 radical (unpaired) electrons. The van der Waals surface area contributed by atoms with Crippen LogP contribution in [0, 0.1) is 0 Å². The van der Waals surface area contributed by atoms with Gasteiger partial charge in [0.15, 0.2) is 6.10 Å². The number of hydrogen-bond donors (Lipinski definition) is 1. The molecule has 3 aromatic carbocycles. The average molecular weight is 776 g/mol.